The molecule has 1 atom stereocenters. The molecule has 0 saturated heterocycles. The summed E-state index contributed by atoms with van der Waals surface area (Å²) in [4.78, 5) is 0. The first-order valence-electron chi connectivity index (χ1n) is 6.91. The molecule has 0 fully saturated rings. The van der Waals surface area contributed by atoms with E-state index in [9.17, 15) is 0 Å². The topological polar surface area (TPSA) is 35.2 Å². The third-order valence-corrected chi connectivity index (χ3v) is 4.45. The van der Waals surface area contributed by atoms with Crippen LogP contribution in [-0.4, -0.2) is 6.54 Å². The Morgan fingerprint density at radius 1 is 1.05 bits per heavy atom. The van der Waals surface area contributed by atoms with Crippen LogP contribution >= 0.6 is 22.6 Å². The van der Waals surface area contributed by atoms with Gasteiger partial charge in [-0.2, -0.15) is 0 Å². The molecule has 0 radical (unpaired) electrons. The summed E-state index contributed by atoms with van der Waals surface area (Å²) in [6.45, 7) is 2.75. The Labute approximate surface area is 134 Å². The molecule has 0 aliphatic rings. The fraction of sp³-hybridized carbons (Fsp3) is 0.294. The van der Waals surface area contributed by atoms with Crippen LogP contribution in [0.1, 0.15) is 25.3 Å². The number of nitrogens with two attached hydrogens (primary N) is 1. The highest BCUT2D eigenvalue weighted by atomic mass is 127. The second-order valence-electron chi connectivity index (χ2n) is 4.79. The van der Waals surface area contributed by atoms with Gasteiger partial charge in [-0.25, -0.2) is 0 Å². The van der Waals surface area contributed by atoms with Gasteiger partial charge in [-0.3, -0.25) is 0 Å². The van der Waals surface area contributed by atoms with Crippen LogP contribution in [0.3, 0.4) is 0 Å². The molecule has 0 spiro atoms. The fourth-order valence-corrected chi connectivity index (χ4v) is 2.92. The molecule has 2 nitrogen and oxygen atoms in total. The maximum Gasteiger partial charge on any atom is 0.135 e. The van der Waals surface area contributed by atoms with Gasteiger partial charge in [0.1, 0.15) is 11.4 Å². The van der Waals surface area contributed by atoms with Crippen LogP contribution in [0.15, 0.2) is 54.6 Å². The van der Waals surface area contributed by atoms with Crippen LogP contribution in [0.5, 0.6) is 5.75 Å². The number of ether oxygens (including phenoxy) is 1. The minimum atomic E-state index is -0.350. The summed E-state index contributed by atoms with van der Waals surface area (Å²) in [5, 5.41) is 0. The monoisotopic (exact) mass is 381 g/mol. The Morgan fingerprint density at radius 3 is 2.30 bits per heavy atom. The Balaban J connectivity index is 2.40. The van der Waals surface area contributed by atoms with Crippen molar-refractivity contribution >= 4 is 22.6 Å². The minimum Gasteiger partial charge on any atom is -0.481 e. The standard InChI is InChI=1S/C17H20INO/c1-2-17(12-13-19,14-8-4-3-5-9-14)20-16-11-7-6-10-15(16)18/h3-11H,2,12-13,19H2,1H3. The molecule has 106 valence electrons. The molecule has 2 aromatic rings. The molecule has 0 aromatic heterocycles. The average molecular weight is 381 g/mol. The highest BCUT2D eigenvalue weighted by Crippen LogP contribution is 2.36. The largest absolute Gasteiger partial charge is 0.481 e. The number of para-hydroxylation sites is 1. The second-order valence-corrected chi connectivity index (χ2v) is 5.95. The zero-order valence-electron chi connectivity index (χ0n) is 11.7. The predicted octanol–water partition coefficient (Wildman–Crippen LogP) is 4.32. The number of benzene rings is 2. The van der Waals surface area contributed by atoms with Crippen molar-refractivity contribution in [2.75, 3.05) is 6.54 Å². The molecule has 2 aromatic carbocycles. The van der Waals surface area contributed by atoms with Crippen molar-refractivity contribution in [3.05, 3.63) is 63.7 Å². The van der Waals surface area contributed by atoms with Crippen molar-refractivity contribution in [2.45, 2.75) is 25.4 Å². The summed E-state index contributed by atoms with van der Waals surface area (Å²) in [5.74, 6) is 0.923. The van der Waals surface area contributed by atoms with Crippen LogP contribution in [-0.2, 0) is 5.60 Å². The first kappa shape index (κ1) is 15.3. The molecule has 3 heteroatoms. The Bertz CT molecular complexity index is 544. The summed E-state index contributed by atoms with van der Waals surface area (Å²) in [6, 6.07) is 18.5. The van der Waals surface area contributed by atoms with Gasteiger partial charge in [-0.15, -0.1) is 0 Å². The van der Waals surface area contributed by atoms with Gasteiger partial charge in [-0.1, -0.05) is 49.4 Å². The summed E-state index contributed by atoms with van der Waals surface area (Å²) in [6.07, 6.45) is 1.69. The van der Waals surface area contributed by atoms with E-state index in [1.165, 1.54) is 5.56 Å². The number of hydrogen-bond donors (Lipinski definition) is 1. The van der Waals surface area contributed by atoms with Gasteiger partial charge in [0, 0.05) is 6.42 Å². The Morgan fingerprint density at radius 2 is 1.70 bits per heavy atom. The smallest absolute Gasteiger partial charge is 0.135 e. The van der Waals surface area contributed by atoms with Crippen LogP contribution in [0.2, 0.25) is 0 Å². The van der Waals surface area contributed by atoms with Gasteiger partial charge < -0.3 is 10.5 Å². The van der Waals surface area contributed by atoms with Crippen molar-refractivity contribution in [1.82, 2.24) is 0 Å². The van der Waals surface area contributed by atoms with Crippen molar-refractivity contribution in [1.29, 1.82) is 0 Å². The van der Waals surface area contributed by atoms with Crippen molar-refractivity contribution < 1.29 is 4.74 Å². The average Bonchev–Trinajstić information content (AvgIpc) is 2.50. The van der Waals surface area contributed by atoms with Crippen LogP contribution in [0.25, 0.3) is 0 Å². The molecule has 2 rings (SSSR count). The second kappa shape index (κ2) is 7.09. The van der Waals surface area contributed by atoms with Crippen LogP contribution in [0.4, 0.5) is 0 Å². The molecular weight excluding hydrogens is 361 g/mol. The first-order chi connectivity index (χ1) is 9.72. The summed E-state index contributed by atoms with van der Waals surface area (Å²) in [7, 11) is 0. The lowest BCUT2D eigenvalue weighted by molar-refractivity contribution is 0.0537. The SMILES string of the molecule is CCC(CCN)(Oc1ccccc1I)c1ccccc1. The van der Waals surface area contributed by atoms with Gasteiger partial charge >= 0.3 is 0 Å². The van der Waals surface area contributed by atoms with Crippen molar-refractivity contribution in [3.8, 4) is 5.75 Å². The molecule has 0 heterocycles. The van der Waals surface area contributed by atoms with Gasteiger partial charge in [0.25, 0.3) is 0 Å². The molecule has 1 unspecified atom stereocenters. The fourth-order valence-electron chi connectivity index (χ4n) is 2.42. The normalized spacial score (nSPS) is 13.8. The lowest BCUT2D eigenvalue weighted by Crippen LogP contribution is -2.35. The summed E-state index contributed by atoms with van der Waals surface area (Å²) < 4.78 is 7.54. The Hall–Kier alpha value is -1.07. The lowest BCUT2D eigenvalue weighted by atomic mass is 9.87. The third-order valence-electron chi connectivity index (χ3n) is 3.56. The van der Waals surface area contributed by atoms with Crippen molar-refractivity contribution in [3.63, 3.8) is 0 Å². The first-order valence-corrected chi connectivity index (χ1v) is 7.99. The zero-order valence-corrected chi connectivity index (χ0v) is 13.8. The number of hydrogen-bond acceptors (Lipinski definition) is 2. The molecule has 0 aliphatic carbocycles. The van der Waals surface area contributed by atoms with E-state index in [-0.39, 0.29) is 5.60 Å². The van der Waals surface area contributed by atoms with E-state index >= 15 is 0 Å². The van der Waals surface area contributed by atoms with Crippen LogP contribution < -0.4 is 10.5 Å². The summed E-state index contributed by atoms with van der Waals surface area (Å²) in [5.41, 5.74) is 6.68. The quantitative estimate of drug-likeness (QED) is 0.757. The molecule has 2 N–H and O–H groups in total. The van der Waals surface area contributed by atoms with Gasteiger partial charge in [-0.05, 0) is 53.3 Å². The molecule has 0 saturated carbocycles. The maximum absolute atomic E-state index is 6.42. The molecular formula is C17H20INO. The van der Waals surface area contributed by atoms with Crippen LogP contribution in [0, 0.1) is 3.57 Å². The van der Waals surface area contributed by atoms with E-state index in [2.05, 4.69) is 59.8 Å². The van der Waals surface area contributed by atoms with Gasteiger partial charge in [0.05, 0.1) is 3.57 Å². The number of rotatable bonds is 6. The highest BCUT2D eigenvalue weighted by molar-refractivity contribution is 14.1. The maximum atomic E-state index is 6.42. The van der Waals surface area contributed by atoms with E-state index in [4.69, 9.17) is 10.5 Å². The van der Waals surface area contributed by atoms with E-state index in [0.29, 0.717) is 6.54 Å². The summed E-state index contributed by atoms with van der Waals surface area (Å²) >= 11 is 2.31. The highest BCUT2D eigenvalue weighted by Gasteiger charge is 2.32. The zero-order chi connectivity index (χ0) is 14.4. The van der Waals surface area contributed by atoms with E-state index in [1.54, 1.807) is 0 Å². The molecule has 0 amide bonds. The number of halogens is 1. The lowest BCUT2D eigenvalue weighted by Gasteiger charge is -2.34. The van der Waals surface area contributed by atoms with Gasteiger partial charge in [0.15, 0.2) is 0 Å². The Kier molecular flexibility index (Phi) is 5.43. The van der Waals surface area contributed by atoms with E-state index < -0.39 is 0 Å². The predicted molar refractivity (Wildman–Crippen MR) is 91.9 cm³/mol. The van der Waals surface area contributed by atoms with E-state index in [1.807, 2.05) is 24.3 Å². The molecule has 0 bridgehead atoms. The minimum absolute atomic E-state index is 0.350. The van der Waals surface area contributed by atoms with Crippen molar-refractivity contribution in [2.24, 2.45) is 5.73 Å². The van der Waals surface area contributed by atoms with Gasteiger partial charge in [0.2, 0.25) is 0 Å². The third kappa shape index (κ3) is 3.33. The molecule has 20 heavy (non-hydrogen) atoms. The molecule has 0 aliphatic heterocycles. The van der Waals surface area contributed by atoms with E-state index in [0.717, 1.165) is 22.2 Å².